The molecule has 2 rings (SSSR count). The quantitative estimate of drug-likeness (QED) is 0.786. The van der Waals surface area contributed by atoms with E-state index in [9.17, 15) is 0 Å². The Bertz CT molecular complexity index is 305. The fraction of sp³-hybridized carbons (Fsp3) is 0.727. The van der Waals surface area contributed by atoms with Crippen LogP contribution in [0.4, 0.5) is 0 Å². The van der Waals surface area contributed by atoms with Crippen molar-refractivity contribution in [1.29, 1.82) is 0 Å². The van der Waals surface area contributed by atoms with E-state index in [2.05, 4.69) is 16.1 Å². The van der Waals surface area contributed by atoms with Gasteiger partial charge in [-0.1, -0.05) is 0 Å². The SMILES string of the molecule is NCCn1cnc(CN2CCCOCC2)c1. The van der Waals surface area contributed by atoms with Crippen LogP contribution in [0.15, 0.2) is 12.5 Å². The third kappa shape index (κ3) is 3.30. The summed E-state index contributed by atoms with van der Waals surface area (Å²) in [6, 6.07) is 0. The Labute approximate surface area is 96.2 Å². The van der Waals surface area contributed by atoms with Crippen molar-refractivity contribution in [1.82, 2.24) is 14.5 Å². The third-order valence-corrected chi connectivity index (χ3v) is 2.77. The van der Waals surface area contributed by atoms with Gasteiger partial charge in [0.25, 0.3) is 0 Å². The van der Waals surface area contributed by atoms with E-state index in [1.165, 1.54) is 0 Å². The van der Waals surface area contributed by atoms with Gasteiger partial charge >= 0.3 is 0 Å². The highest BCUT2D eigenvalue weighted by atomic mass is 16.5. The Morgan fingerprint density at radius 1 is 1.38 bits per heavy atom. The second-order valence-corrected chi connectivity index (χ2v) is 4.13. The number of ether oxygens (including phenoxy) is 1. The molecule has 1 aliphatic heterocycles. The molecule has 2 heterocycles. The minimum atomic E-state index is 0.660. The van der Waals surface area contributed by atoms with Gasteiger partial charge in [-0.05, 0) is 6.42 Å². The van der Waals surface area contributed by atoms with Crippen LogP contribution in [-0.4, -0.2) is 47.3 Å². The van der Waals surface area contributed by atoms with Crippen molar-refractivity contribution in [3.05, 3.63) is 18.2 Å². The van der Waals surface area contributed by atoms with Crippen LogP contribution < -0.4 is 5.73 Å². The molecule has 1 aromatic rings. The first kappa shape index (κ1) is 11.6. The van der Waals surface area contributed by atoms with Gasteiger partial charge in [0.05, 0.1) is 18.6 Å². The predicted octanol–water partition coefficient (Wildman–Crippen LogP) is 0.0641. The molecule has 5 heteroatoms. The summed E-state index contributed by atoms with van der Waals surface area (Å²) in [7, 11) is 0. The molecular formula is C11H20N4O. The number of nitrogens with zero attached hydrogens (tertiary/aromatic N) is 3. The van der Waals surface area contributed by atoms with Crippen molar-refractivity contribution in [2.24, 2.45) is 5.73 Å². The Hall–Kier alpha value is -0.910. The van der Waals surface area contributed by atoms with Crippen LogP contribution >= 0.6 is 0 Å². The molecule has 0 aromatic carbocycles. The average Bonchev–Trinajstić information content (AvgIpc) is 2.56. The molecule has 2 N–H and O–H groups in total. The summed E-state index contributed by atoms with van der Waals surface area (Å²) in [5, 5.41) is 0. The van der Waals surface area contributed by atoms with Gasteiger partial charge in [-0.3, -0.25) is 4.90 Å². The zero-order valence-corrected chi connectivity index (χ0v) is 9.64. The fourth-order valence-corrected chi connectivity index (χ4v) is 1.94. The summed E-state index contributed by atoms with van der Waals surface area (Å²) in [6.07, 6.45) is 5.05. The van der Waals surface area contributed by atoms with Gasteiger partial charge in [0.15, 0.2) is 0 Å². The monoisotopic (exact) mass is 224 g/mol. The number of rotatable bonds is 4. The first-order valence-electron chi connectivity index (χ1n) is 5.89. The molecular weight excluding hydrogens is 204 g/mol. The van der Waals surface area contributed by atoms with Gasteiger partial charge in [0, 0.05) is 45.5 Å². The largest absolute Gasteiger partial charge is 0.380 e. The molecule has 90 valence electrons. The molecule has 0 saturated carbocycles. The van der Waals surface area contributed by atoms with E-state index in [0.717, 1.165) is 51.5 Å². The molecule has 5 nitrogen and oxygen atoms in total. The molecule has 1 aliphatic rings. The highest BCUT2D eigenvalue weighted by Crippen LogP contribution is 2.05. The lowest BCUT2D eigenvalue weighted by atomic mass is 10.3. The lowest BCUT2D eigenvalue weighted by Gasteiger charge is -2.17. The van der Waals surface area contributed by atoms with Crippen LogP contribution in [0.25, 0.3) is 0 Å². The lowest BCUT2D eigenvalue weighted by molar-refractivity contribution is 0.140. The molecule has 0 unspecified atom stereocenters. The standard InChI is InChI=1S/C11H20N4O/c12-2-4-15-9-11(13-10-15)8-14-3-1-6-16-7-5-14/h9-10H,1-8,12H2. The number of imidazole rings is 1. The lowest BCUT2D eigenvalue weighted by Crippen LogP contribution is -2.25. The highest BCUT2D eigenvalue weighted by Gasteiger charge is 2.10. The summed E-state index contributed by atoms with van der Waals surface area (Å²) in [6.45, 7) is 6.25. The number of hydrogen-bond donors (Lipinski definition) is 1. The van der Waals surface area contributed by atoms with Crippen molar-refractivity contribution in [3.63, 3.8) is 0 Å². The molecule has 1 saturated heterocycles. The summed E-state index contributed by atoms with van der Waals surface area (Å²) in [5.41, 5.74) is 6.62. The molecule has 0 aliphatic carbocycles. The van der Waals surface area contributed by atoms with E-state index in [-0.39, 0.29) is 0 Å². The van der Waals surface area contributed by atoms with Gasteiger partial charge in [-0.25, -0.2) is 4.98 Å². The Morgan fingerprint density at radius 3 is 3.19 bits per heavy atom. The Kier molecular flexibility index (Phi) is 4.33. The van der Waals surface area contributed by atoms with Crippen molar-refractivity contribution in [2.45, 2.75) is 19.5 Å². The minimum Gasteiger partial charge on any atom is -0.380 e. The van der Waals surface area contributed by atoms with E-state index in [1.807, 2.05) is 10.9 Å². The summed E-state index contributed by atoms with van der Waals surface area (Å²) < 4.78 is 7.47. The van der Waals surface area contributed by atoms with E-state index in [1.54, 1.807) is 0 Å². The van der Waals surface area contributed by atoms with Crippen LogP contribution in [0.1, 0.15) is 12.1 Å². The van der Waals surface area contributed by atoms with Crippen LogP contribution in [0.5, 0.6) is 0 Å². The summed E-state index contributed by atoms with van der Waals surface area (Å²) >= 11 is 0. The highest BCUT2D eigenvalue weighted by molar-refractivity contribution is 4.96. The third-order valence-electron chi connectivity index (χ3n) is 2.77. The second kappa shape index (κ2) is 5.98. The van der Waals surface area contributed by atoms with Crippen molar-refractivity contribution < 1.29 is 4.74 Å². The Morgan fingerprint density at radius 2 is 2.31 bits per heavy atom. The molecule has 0 amide bonds. The molecule has 0 spiro atoms. The van der Waals surface area contributed by atoms with Crippen molar-refractivity contribution >= 4 is 0 Å². The first-order chi connectivity index (χ1) is 7.88. The van der Waals surface area contributed by atoms with E-state index >= 15 is 0 Å². The van der Waals surface area contributed by atoms with Crippen LogP contribution in [0, 0.1) is 0 Å². The van der Waals surface area contributed by atoms with Crippen molar-refractivity contribution in [3.8, 4) is 0 Å². The van der Waals surface area contributed by atoms with Gasteiger partial charge in [-0.2, -0.15) is 0 Å². The van der Waals surface area contributed by atoms with Crippen LogP contribution in [0.2, 0.25) is 0 Å². The average molecular weight is 224 g/mol. The predicted molar refractivity (Wildman–Crippen MR) is 62.0 cm³/mol. The second-order valence-electron chi connectivity index (χ2n) is 4.13. The molecule has 0 bridgehead atoms. The number of nitrogens with two attached hydrogens (primary N) is 1. The first-order valence-corrected chi connectivity index (χ1v) is 5.89. The zero-order valence-electron chi connectivity index (χ0n) is 9.64. The maximum absolute atomic E-state index is 5.50. The maximum Gasteiger partial charge on any atom is 0.0950 e. The van der Waals surface area contributed by atoms with Gasteiger partial charge < -0.3 is 15.0 Å². The fourth-order valence-electron chi connectivity index (χ4n) is 1.94. The zero-order chi connectivity index (χ0) is 11.2. The topological polar surface area (TPSA) is 56.3 Å². The van der Waals surface area contributed by atoms with Gasteiger partial charge in [0.2, 0.25) is 0 Å². The van der Waals surface area contributed by atoms with E-state index < -0.39 is 0 Å². The van der Waals surface area contributed by atoms with Crippen LogP contribution in [0.3, 0.4) is 0 Å². The minimum absolute atomic E-state index is 0.660. The van der Waals surface area contributed by atoms with Gasteiger partial charge in [0.1, 0.15) is 0 Å². The van der Waals surface area contributed by atoms with Crippen LogP contribution in [-0.2, 0) is 17.8 Å². The molecule has 0 radical (unpaired) electrons. The molecule has 16 heavy (non-hydrogen) atoms. The normalized spacial score (nSPS) is 18.6. The maximum atomic E-state index is 5.50. The smallest absolute Gasteiger partial charge is 0.0950 e. The summed E-state index contributed by atoms with van der Waals surface area (Å²) in [5.74, 6) is 0. The van der Waals surface area contributed by atoms with E-state index in [0.29, 0.717) is 6.54 Å². The summed E-state index contributed by atoms with van der Waals surface area (Å²) in [4.78, 5) is 6.78. The molecule has 1 aromatic heterocycles. The molecule has 1 fully saturated rings. The van der Waals surface area contributed by atoms with Crippen molar-refractivity contribution in [2.75, 3.05) is 32.8 Å². The number of aromatic nitrogens is 2. The Balaban J connectivity index is 1.86. The number of hydrogen-bond acceptors (Lipinski definition) is 4. The van der Waals surface area contributed by atoms with Gasteiger partial charge in [-0.15, -0.1) is 0 Å². The molecule has 0 atom stereocenters. The van der Waals surface area contributed by atoms with E-state index in [4.69, 9.17) is 10.5 Å².